The van der Waals surface area contributed by atoms with Gasteiger partial charge in [0.25, 0.3) is 5.91 Å². The number of pyridine rings is 1. The molecule has 1 amide bonds. The van der Waals surface area contributed by atoms with Gasteiger partial charge in [-0.15, -0.1) is 0 Å². The number of hydrogen-bond donors (Lipinski definition) is 0. The van der Waals surface area contributed by atoms with Crippen molar-refractivity contribution >= 4 is 22.7 Å². The van der Waals surface area contributed by atoms with E-state index in [4.69, 9.17) is 13.9 Å². The number of rotatable bonds is 6. The van der Waals surface area contributed by atoms with Crippen LogP contribution in [0.25, 0.3) is 11.0 Å². The molecule has 1 atom stereocenters. The predicted octanol–water partition coefficient (Wildman–Crippen LogP) is 5.91. The van der Waals surface area contributed by atoms with Crippen LogP contribution in [0.3, 0.4) is 0 Å². The molecule has 0 saturated carbocycles. The van der Waals surface area contributed by atoms with Crippen molar-refractivity contribution in [3.8, 4) is 11.5 Å². The van der Waals surface area contributed by atoms with Gasteiger partial charge in [-0.2, -0.15) is 0 Å². The fourth-order valence-electron chi connectivity index (χ4n) is 4.67. The normalized spacial score (nSPS) is 14.9. The first-order valence-corrected chi connectivity index (χ1v) is 12.4. The van der Waals surface area contributed by atoms with Gasteiger partial charge in [-0.25, -0.2) is 4.98 Å². The SMILES string of the molecule is COc1cc([C@H]2c3c(oc4cc(C)c(C)cc4c3=O)C(=O)N2c2cccc(C)n2)ccc1OCC(C)C. The Morgan fingerprint density at radius 3 is 2.46 bits per heavy atom. The molecule has 0 spiro atoms. The molecule has 0 unspecified atom stereocenters. The second kappa shape index (κ2) is 9.39. The number of ether oxygens (including phenoxy) is 2. The Labute approximate surface area is 215 Å². The molecule has 1 aliphatic heterocycles. The number of anilines is 1. The van der Waals surface area contributed by atoms with Gasteiger partial charge >= 0.3 is 0 Å². The van der Waals surface area contributed by atoms with Gasteiger partial charge in [0.05, 0.1) is 30.7 Å². The van der Waals surface area contributed by atoms with E-state index < -0.39 is 11.9 Å². The fourth-order valence-corrected chi connectivity index (χ4v) is 4.67. The van der Waals surface area contributed by atoms with Crippen LogP contribution in [-0.4, -0.2) is 24.6 Å². The molecule has 0 aliphatic carbocycles. The summed E-state index contributed by atoms with van der Waals surface area (Å²) >= 11 is 0. The summed E-state index contributed by atoms with van der Waals surface area (Å²) in [5.41, 5.74) is 3.87. The third-order valence-electron chi connectivity index (χ3n) is 6.68. The third kappa shape index (κ3) is 4.24. The van der Waals surface area contributed by atoms with Crippen molar-refractivity contribution in [2.75, 3.05) is 18.6 Å². The Bertz CT molecular complexity index is 1590. The molecule has 2 aromatic carbocycles. The average molecular weight is 499 g/mol. The van der Waals surface area contributed by atoms with Crippen molar-refractivity contribution < 1.29 is 18.7 Å². The van der Waals surface area contributed by atoms with E-state index in [0.717, 1.165) is 16.8 Å². The summed E-state index contributed by atoms with van der Waals surface area (Å²) in [5.74, 6) is 1.53. The highest BCUT2D eigenvalue weighted by Crippen LogP contribution is 2.43. The van der Waals surface area contributed by atoms with Crippen molar-refractivity contribution in [3.05, 3.63) is 92.5 Å². The van der Waals surface area contributed by atoms with Crippen molar-refractivity contribution in [2.24, 2.45) is 5.92 Å². The average Bonchev–Trinajstić information content (AvgIpc) is 3.16. The summed E-state index contributed by atoms with van der Waals surface area (Å²) in [7, 11) is 1.57. The minimum Gasteiger partial charge on any atom is -0.493 e. The highest BCUT2D eigenvalue weighted by atomic mass is 16.5. The first-order valence-electron chi connectivity index (χ1n) is 12.4. The molecular weight excluding hydrogens is 468 g/mol. The zero-order valence-corrected chi connectivity index (χ0v) is 21.9. The molecular formula is C30H30N2O5. The lowest BCUT2D eigenvalue weighted by Crippen LogP contribution is -2.30. The molecule has 0 N–H and O–H groups in total. The summed E-state index contributed by atoms with van der Waals surface area (Å²) in [6, 6.07) is 13.9. The van der Waals surface area contributed by atoms with Crippen molar-refractivity contribution in [3.63, 3.8) is 0 Å². The highest BCUT2D eigenvalue weighted by molar-refractivity contribution is 6.10. The Morgan fingerprint density at radius 1 is 1.00 bits per heavy atom. The minimum atomic E-state index is -0.743. The zero-order chi connectivity index (χ0) is 26.4. The molecule has 0 radical (unpaired) electrons. The second-order valence-corrected chi connectivity index (χ2v) is 9.94. The van der Waals surface area contributed by atoms with Gasteiger partial charge in [0.15, 0.2) is 16.9 Å². The van der Waals surface area contributed by atoms with E-state index in [2.05, 4.69) is 18.8 Å². The van der Waals surface area contributed by atoms with Gasteiger partial charge in [-0.1, -0.05) is 26.0 Å². The second-order valence-electron chi connectivity index (χ2n) is 9.94. The van der Waals surface area contributed by atoms with Gasteiger partial charge in [-0.3, -0.25) is 14.5 Å². The van der Waals surface area contributed by atoms with E-state index in [9.17, 15) is 9.59 Å². The topological polar surface area (TPSA) is 81.9 Å². The van der Waals surface area contributed by atoms with Gasteiger partial charge in [0.2, 0.25) is 5.76 Å². The molecule has 3 heterocycles. The quantitative estimate of drug-likeness (QED) is 0.329. The maximum Gasteiger partial charge on any atom is 0.296 e. The number of aromatic nitrogens is 1. The Hall–Kier alpha value is -4.13. The van der Waals surface area contributed by atoms with Crippen LogP contribution >= 0.6 is 0 Å². The summed E-state index contributed by atoms with van der Waals surface area (Å²) in [4.78, 5) is 33.9. The maximum absolute atomic E-state index is 13.9. The highest BCUT2D eigenvalue weighted by Gasteiger charge is 2.44. The molecule has 37 heavy (non-hydrogen) atoms. The minimum absolute atomic E-state index is 0.0353. The molecule has 1 aliphatic rings. The molecule has 2 aromatic heterocycles. The molecule has 4 aromatic rings. The molecule has 7 nitrogen and oxygen atoms in total. The monoisotopic (exact) mass is 498 g/mol. The molecule has 5 rings (SSSR count). The number of fused-ring (bicyclic) bond motifs is 2. The van der Waals surface area contributed by atoms with E-state index in [1.165, 1.54) is 4.90 Å². The van der Waals surface area contributed by atoms with Gasteiger partial charge in [0, 0.05) is 5.69 Å². The zero-order valence-electron chi connectivity index (χ0n) is 21.9. The first kappa shape index (κ1) is 24.6. The Morgan fingerprint density at radius 2 is 1.76 bits per heavy atom. The lowest BCUT2D eigenvalue weighted by Gasteiger charge is -2.25. The van der Waals surface area contributed by atoms with E-state index in [0.29, 0.717) is 51.9 Å². The molecule has 7 heteroatoms. The fraction of sp³-hybridized carbons (Fsp3) is 0.300. The third-order valence-corrected chi connectivity index (χ3v) is 6.68. The number of benzene rings is 2. The van der Waals surface area contributed by atoms with Crippen LogP contribution in [0.15, 0.2) is 57.7 Å². The summed E-state index contributed by atoms with van der Waals surface area (Å²) in [6.45, 7) is 10.4. The Balaban J connectivity index is 1.75. The lowest BCUT2D eigenvalue weighted by molar-refractivity contribution is 0.0970. The summed E-state index contributed by atoms with van der Waals surface area (Å²) in [6.07, 6.45) is 0. The van der Waals surface area contributed by atoms with Crippen LogP contribution in [0.2, 0.25) is 0 Å². The van der Waals surface area contributed by atoms with Crippen molar-refractivity contribution in [1.82, 2.24) is 4.98 Å². The predicted molar refractivity (Wildman–Crippen MR) is 143 cm³/mol. The maximum atomic E-state index is 13.9. The van der Waals surface area contributed by atoms with Crippen LogP contribution in [0.5, 0.6) is 11.5 Å². The number of carbonyl (C=O) groups excluding carboxylic acids is 1. The summed E-state index contributed by atoms with van der Waals surface area (Å²) < 4.78 is 17.7. The van der Waals surface area contributed by atoms with Crippen LogP contribution < -0.4 is 19.8 Å². The molecule has 0 saturated heterocycles. The van der Waals surface area contributed by atoms with Gasteiger partial charge in [-0.05, 0) is 79.8 Å². The van der Waals surface area contributed by atoms with Crippen LogP contribution in [0.1, 0.15) is 58.4 Å². The van der Waals surface area contributed by atoms with Crippen LogP contribution in [-0.2, 0) is 0 Å². The Kier molecular flexibility index (Phi) is 6.23. The van der Waals surface area contributed by atoms with Crippen LogP contribution in [0, 0.1) is 26.7 Å². The number of nitrogens with zero attached hydrogens (tertiary/aromatic N) is 2. The van der Waals surface area contributed by atoms with E-state index in [1.54, 1.807) is 13.2 Å². The number of amides is 1. The number of hydrogen-bond acceptors (Lipinski definition) is 6. The first-order chi connectivity index (χ1) is 17.7. The van der Waals surface area contributed by atoms with E-state index in [-0.39, 0.29) is 11.2 Å². The number of carbonyl (C=O) groups is 1. The smallest absolute Gasteiger partial charge is 0.296 e. The van der Waals surface area contributed by atoms with Gasteiger partial charge in [0.1, 0.15) is 11.4 Å². The molecule has 0 bridgehead atoms. The van der Waals surface area contributed by atoms with Crippen LogP contribution in [0.4, 0.5) is 5.82 Å². The lowest BCUT2D eigenvalue weighted by atomic mass is 9.97. The van der Waals surface area contributed by atoms with Gasteiger partial charge < -0.3 is 13.9 Å². The van der Waals surface area contributed by atoms with E-state index >= 15 is 0 Å². The molecule has 0 fully saturated rings. The number of methoxy groups -OCH3 is 1. The largest absolute Gasteiger partial charge is 0.493 e. The number of aryl methyl sites for hydroxylation is 3. The van der Waals surface area contributed by atoms with Crippen molar-refractivity contribution in [2.45, 2.75) is 40.7 Å². The molecule has 190 valence electrons. The standard InChI is InChI=1S/C30H30N2O5/c1-16(2)15-36-22-11-10-20(14-24(22)35-6)27-26-28(33)21-12-17(3)18(4)13-23(21)37-29(26)30(34)32(27)25-9-7-8-19(5)31-25/h7-14,16,27H,15H2,1-6H3/t27-/m0/s1. The van der Waals surface area contributed by atoms with E-state index in [1.807, 2.05) is 63.2 Å². The van der Waals surface area contributed by atoms with Crippen molar-refractivity contribution in [1.29, 1.82) is 0 Å². The summed E-state index contributed by atoms with van der Waals surface area (Å²) in [5, 5.41) is 0.447.